The Hall–Kier alpha value is -2.12. The van der Waals surface area contributed by atoms with Gasteiger partial charge in [0.2, 0.25) is 5.91 Å². The third-order valence-corrected chi connectivity index (χ3v) is 8.28. The first-order valence-corrected chi connectivity index (χ1v) is 12.7. The number of thiophene rings is 1. The van der Waals surface area contributed by atoms with E-state index in [1.165, 1.54) is 11.8 Å². The van der Waals surface area contributed by atoms with E-state index in [-0.39, 0.29) is 23.3 Å². The zero-order valence-electron chi connectivity index (χ0n) is 18.6. The topological polar surface area (TPSA) is 64.0 Å². The van der Waals surface area contributed by atoms with Gasteiger partial charge in [0.1, 0.15) is 4.83 Å². The van der Waals surface area contributed by atoms with Crippen LogP contribution in [0.15, 0.2) is 28.2 Å². The van der Waals surface area contributed by atoms with Crippen molar-refractivity contribution in [3.8, 4) is 0 Å². The maximum absolute atomic E-state index is 13.5. The molecule has 1 aliphatic carbocycles. The number of amides is 1. The molecule has 1 aliphatic rings. The molecule has 0 radical (unpaired) electrons. The first-order chi connectivity index (χ1) is 14.9. The number of hydrogen-bond donors (Lipinski definition) is 1. The molecule has 1 N–H and O–H groups in total. The van der Waals surface area contributed by atoms with Gasteiger partial charge in [0.15, 0.2) is 5.16 Å². The number of nitrogens with one attached hydrogen (secondary N) is 1. The van der Waals surface area contributed by atoms with Gasteiger partial charge in [0.25, 0.3) is 5.56 Å². The van der Waals surface area contributed by atoms with Crippen molar-refractivity contribution in [1.29, 1.82) is 0 Å². The van der Waals surface area contributed by atoms with Crippen LogP contribution in [0.2, 0.25) is 0 Å². The van der Waals surface area contributed by atoms with E-state index in [0.717, 1.165) is 69.6 Å². The average Bonchev–Trinajstić information content (AvgIpc) is 3.36. The average molecular weight is 456 g/mol. The minimum atomic E-state index is -0.0696. The van der Waals surface area contributed by atoms with Crippen LogP contribution < -0.4 is 10.9 Å². The van der Waals surface area contributed by atoms with E-state index in [9.17, 15) is 9.59 Å². The third kappa shape index (κ3) is 4.30. The van der Waals surface area contributed by atoms with Crippen LogP contribution in [0, 0.1) is 20.8 Å². The molecule has 0 atom stereocenters. The predicted molar refractivity (Wildman–Crippen MR) is 131 cm³/mol. The van der Waals surface area contributed by atoms with Crippen molar-refractivity contribution in [1.82, 2.24) is 9.55 Å². The van der Waals surface area contributed by atoms with E-state index < -0.39 is 0 Å². The summed E-state index contributed by atoms with van der Waals surface area (Å²) in [7, 11) is 0. The van der Waals surface area contributed by atoms with Crippen molar-refractivity contribution in [2.45, 2.75) is 71.0 Å². The second kappa shape index (κ2) is 9.17. The zero-order chi connectivity index (χ0) is 22.1. The molecule has 2 heterocycles. The predicted octanol–water partition coefficient (Wildman–Crippen LogP) is 5.79. The molecule has 1 amide bonds. The lowest BCUT2D eigenvalue weighted by Gasteiger charge is -2.18. The van der Waals surface area contributed by atoms with Crippen LogP contribution in [0.5, 0.6) is 0 Å². The summed E-state index contributed by atoms with van der Waals surface area (Å²) in [4.78, 5) is 33.0. The molecule has 1 aromatic carbocycles. The summed E-state index contributed by atoms with van der Waals surface area (Å²) in [5.41, 5.74) is 4.17. The number of anilines is 1. The van der Waals surface area contributed by atoms with Gasteiger partial charge in [0, 0.05) is 16.6 Å². The molecule has 7 heteroatoms. The van der Waals surface area contributed by atoms with Gasteiger partial charge < -0.3 is 5.32 Å². The fourth-order valence-electron chi connectivity index (χ4n) is 4.38. The van der Waals surface area contributed by atoms with Crippen LogP contribution in [0.25, 0.3) is 10.2 Å². The Morgan fingerprint density at radius 2 is 2.00 bits per heavy atom. The summed E-state index contributed by atoms with van der Waals surface area (Å²) in [5.74, 6) is 0.158. The minimum Gasteiger partial charge on any atom is -0.325 e. The van der Waals surface area contributed by atoms with E-state index in [1.807, 2.05) is 43.5 Å². The van der Waals surface area contributed by atoms with E-state index >= 15 is 0 Å². The number of fused-ring (bicyclic) bond motifs is 1. The molecule has 0 unspecified atom stereocenters. The van der Waals surface area contributed by atoms with Gasteiger partial charge in [0.05, 0.1) is 11.1 Å². The Morgan fingerprint density at radius 1 is 1.26 bits per heavy atom. The van der Waals surface area contributed by atoms with E-state index in [4.69, 9.17) is 4.98 Å². The summed E-state index contributed by atoms with van der Waals surface area (Å²) in [6.45, 7) is 8.14. The largest absolute Gasteiger partial charge is 0.325 e. The Morgan fingerprint density at radius 3 is 2.71 bits per heavy atom. The first kappa shape index (κ1) is 22.1. The number of benzene rings is 1. The Balaban J connectivity index is 1.63. The molecule has 0 bridgehead atoms. The van der Waals surface area contributed by atoms with Crippen LogP contribution in [0.1, 0.15) is 60.2 Å². The summed E-state index contributed by atoms with van der Waals surface area (Å²) >= 11 is 2.93. The van der Waals surface area contributed by atoms with Crippen molar-refractivity contribution in [2.75, 3.05) is 11.1 Å². The molecule has 0 spiro atoms. The van der Waals surface area contributed by atoms with Gasteiger partial charge in [-0.05, 0) is 56.7 Å². The normalized spacial score (nSPS) is 14.5. The lowest BCUT2D eigenvalue weighted by atomic mass is 10.1. The van der Waals surface area contributed by atoms with Crippen molar-refractivity contribution in [3.63, 3.8) is 0 Å². The second-order valence-corrected chi connectivity index (χ2v) is 10.4. The van der Waals surface area contributed by atoms with Gasteiger partial charge in [-0.25, -0.2) is 4.98 Å². The van der Waals surface area contributed by atoms with Gasteiger partial charge in [-0.3, -0.25) is 14.2 Å². The molecule has 31 heavy (non-hydrogen) atoms. The maximum Gasteiger partial charge on any atom is 0.263 e. The quantitative estimate of drug-likeness (QED) is 0.377. The standard InChI is InChI=1S/C24H29N3O2S2/c1-5-17-10-8-9-14(2)21(17)25-19(28)13-30-24-26-22-20(15(3)16(4)31-22)23(29)27(24)18-11-6-7-12-18/h8-10,18H,5-7,11-13H2,1-4H3,(H,25,28). The molecule has 164 valence electrons. The SMILES string of the molecule is CCc1cccc(C)c1NC(=O)CSc1nc2sc(C)c(C)c2c(=O)n1C1CCCC1. The van der Waals surface area contributed by atoms with E-state index in [1.54, 1.807) is 11.3 Å². The Labute approximate surface area is 191 Å². The number of aromatic nitrogens is 2. The van der Waals surface area contributed by atoms with Gasteiger partial charge in [-0.15, -0.1) is 11.3 Å². The molecule has 1 fully saturated rings. The second-order valence-electron chi connectivity index (χ2n) is 8.27. The molecular weight excluding hydrogens is 426 g/mol. The molecule has 4 rings (SSSR count). The highest BCUT2D eigenvalue weighted by Crippen LogP contribution is 2.34. The third-order valence-electron chi connectivity index (χ3n) is 6.23. The van der Waals surface area contributed by atoms with Crippen molar-refractivity contribution >= 4 is 44.9 Å². The fraction of sp³-hybridized carbons (Fsp3) is 0.458. The molecule has 3 aromatic rings. The lowest BCUT2D eigenvalue weighted by Crippen LogP contribution is -2.27. The van der Waals surface area contributed by atoms with Crippen LogP contribution in [0.4, 0.5) is 5.69 Å². The Kier molecular flexibility index (Phi) is 6.53. The summed E-state index contributed by atoms with van der Waals surface area (Å²) in [5, 5.41) is 4.50. The minimum absolute atomic E-state index is 0.0498. The number of para-hydroxylation sites is 1. The fourth-order valence-corrected chi connectivity index (χ4v) is 6.32. The summed E-state index contributed by atoms with van der Waals surface area (Å²) in [6, 6.07) is 6.25. The van der Waals surface area contributed by atoms with E-state index in [2.05, 4.69) is 12.2 Å². The molecule has 1 saturated carbocycles. The highest BCUT2D eigenvalue weighted by Gasteiger charge is 2.25. The maximum atomic E-state index is 13.5. The lowest BCUT2D eigenvalue weighted by molar-refractivity contribution is -0.113. The number of carbonyl (C=O) groups excluding carboxylic acids is 1. The number of hydrogen-bond acceptors (Lipinski definition) is 5. The molecule has 5 nitrogen and oxygen atoms in total. The highest BCUT2D eigenvalue weighted by atomic mass is 32.2. The van der Waals surface area contributed by atoms with Crippen LogP contribution in [-0.2, 0) is 11.2 Å². The van der Waals surface area contributed by atoms with Crippen molar-refractivity contribution < 1.29 is 4.79 Å². The van der Waals surface area contributed by atoms with Gasteiger partial charge in [-0.1, -0.05) is 49.7 Å². The number of carbonyl (C=O) groups is 1. The number of aryl methyl sites for hydroxylation is 4. The van der Waals surface area contributed by atoms with Crippen LogP contribution in [-0.4, -0.2) is 21.2 Å². The molecule has 0 saturated heterocycles. The summed E-state index contributed by atoms with van der Waals surface area (Å²) < 4.78 is 1.87. The van der Waals surface area contributed by atoms with Crippen LogP contribution in [0.3, 0.4) is 0 Å². The number of nitrogens with zero attached hydrogens (tertiary/aromatic N) is 2. The molecular formula is C24H29N3O2S2. The summed E-state index contributed by atoms with van der Waals surface area (Å²) in [6.07, 6.45) is 5.13. The smallest absolute Gasteiger partial charge is 0.263 e. The molecule has 2 aromatic heterocycles. The first-order valence-electron chi connectivity index (χ1n) is 10.9. The monoisotopic (exact) mass is 455 g/mol. The number of rotatable bonds is 6. The number of thioether (sulfide) groups is 1. The van der Waals surface area contributed by atoms with E-state index in [0.29, 0.717) is 5.16 Å². The van der Waals surface area contributed by atoms with Crippen molar-refractivity contribution in [3.05, 3.63) is 50.1 Å². The Bertz CT molecular complexity index is 1190. The van der Waals surface area contributed by atoms with Crippen LogP contribution >= 0.6 is 23.1 Å². The highest BCUT2D eigenvalue weighted by molar-refractivity contribution is 7.99. The van der Waals surface area contributed by atoms with Gasteiger partial charge in [-0.2, -0.15) is 0 Å². The van der Waals surface area contributed by atoms with Gasteiger partial charge >= 0.3 is 0 Å². The molecule has 0 aliphatic heterocycles. The zero-order valence-corrected chi connectivity index (χ0v) is 20.2. The van der Waals surface area contributed by atoms with Crippen molar-refractivity contribution in [2.24, 2.45) is 0 Å².